The summed E-state index contributed by atoms with van der Waals surface area (Å²) in [5.74, 6) is -0.960. The van der Waals surface area contributed by atoms with Gasteiger partial charge in [-0.2, -0.15) is 5.26 Å². The SMILES string of the molecule is COC(=O)C(O)C(O)c1ccc(C#N)cc1Cl. The van der Waals surface area contributed by atoms with Crippen molar-refractivity contribution in [1.29, 1.82) is 5.26 Å². The van der Waals surface area contributed by atoms with E-state index in [0.717, 1.165) is 7.11 Å². The molecule has 0 aliphatic carbocycles. The van der Waals surface area contributed by atoms with Crippen LogP contribution >= 0.6 is 11.6 Å². The van der Waals surface area contributed by atoms with E-state index in [1.807, 2.05) is 6.07 Å². The van der Waals surface area contributed by atoms with Gasteiger partial charge in [0, 0.05) is 10.6 Å². The van der Waals surface area contributed by atoms with Crippen LogP contribution in [0.5, 0.6) is 0 Å². The minimum absolute atomic E-state index is 0.0968. The summed E-state index contributed by atoms with van der Waals surface area (Å²) in [6.07, 6.45) is -3.21. The number of esters is 1. The van der Waals surface area contributed by atoms with Crippen LogP contribution in [0.25, 0.3) is 0 Å². The van der Waals surface area contributed by atoms with Gasteiger partial charge in [0.15, 0.2) is 6.10 Å². The fourth-order valence-corrected chi connectivity index (χ4v) is 1.55. The fourth-order valence-electron chi connectivity index (χ4n) is 1.26. The van der Waals surface area contributed by atoms with Crippen molar-refractivity contribution in [2.45, 2.75) is 12.2 Å². The van der Waals surface area contributed by atoms with E-state index in [4.69, 9.17) is 16.9 Å². The maximum absolute atomic E-state index is 11.0. The Balaban J connectivity index is 3.01. The zero-order valence-electron chi connectivity index (χ0n) is 8.92. The molecule has 0 spiro atoms. The van der Waals surface area contributed by atoms with Crippen LogP contribution < -0.4 is 0 Å². The first-order valence-electron chi connectivity index (χ1n) is 4.64. The van der Waals surface area contributed by atoms with E-state index in [9.17, 15) is 15.0 Å². The van der Waals surface area contributed by atoms with Crippen molar-refractivity contribution < 1.29 is 19.7 Å². The molecular weight excluding hydrogens is 246 g/mol. The molecule has 1 aromatic carbocycles. The van der Waals surface area contributed by atoms with E-state index in [1.54, 1.807) is 0 Å². The third kappa shape index (κ3) is 2.94. The van der Waals surface area contributed by atoms with Crippen LogP contribution in [0.1, 0.15) is 17.2 Å². The minimum atomic E-state index is -1.72. The largest absolute Gasteiger partial charge is 0.467 e. The molecule has 1 rings (SSSR count). The summed E-state index contributed by atoms with van der Waals surface area (Å²) in [6, 6.07) is 6.01. The number of methoxy groups -OCH3 is 1. The fraction of sp³-hybridized carbons (Fsp3) is 0.273. The van der Waals surface area contributed by atoms with Gasteiger partial charge in [-0.25, -0.2) is 4.79 Å². The lowest BCUT2D eigenvalue weighted by atomic mass is 10.0. The summed E-state index contributed by atoms with van der Waals surface area (Å²) in [7, 11) is 1.10. The lowest BCUT2D eigenvalue weighted by molar-refractivity contribution is -0.156. The van der Waals surface area contributed by atoms with E-state index in [0.29, 0.717) is 5.56 Å². The first-order chi connectivity index (χ1) is 8.01. The standard InChI is InChI=1S/C11H10ClNO4/c1-17-11(16)10(15)9(14)7-3-2-6(5-13)4-8(7)12/h2-4,9-10,14-15H,1H3. The number of aliphatic hydroxyl groups is 2. The quantitative estimate of drug-likeness (QED) is 0.779. The van der Waals surface area contributed by atoms with Gasteiger partial charge in [0.25, 0.3) is 0 Å². The molecule has 17 heavy (non-hydrogen) atoms. The second kappa shape index (κ2) is 5.64. The van der Waals surface area contributed by atoms with Crippen LogP contribution in [0.2, 0.25) is 5.02 Å². The Morgan fingerprint density at radius 2 is 2.18 bits per heavy atom. The summed E-state index contributed by atoms with van der Waals surface area (Å²) in [6.45, 7) is 0. The number of nitrogens with zero attached hydrogens (tertiary/aromatic N) is 1. The van der Waals surface area contributed by atoms with Crippen molar-refractivity contribution in [2.24, 2.45) is 0 Å². The molecular formula is C11H10ClNO4. The molecule has 0 amide bonds. The third-order valence-corrected chi connectivity index (χ3v) is 2.52. The second-order valence-corrected chi connectivity index (χ2v) is 3.67. The zero-order chi connectivity index (χ0) is 13.0. The maximum Gasteiger partial charge on any atom is 0.337 e. The van der Waals surface area contributed by atoms with Gasteiger partial charge in [-0.05, 0) is 12.1 Å². The lowest BCUT2D eigenvalue weighted by Crippen LogP contribution is -2.29. The van der Waals surface area contributed by atoms with Crippen LogP contribution in [0.3, 0.4) is 0 Å². The molecule has 0 saturated carbocycles. The highest BCUT2D eigenvalue weighted by molar-refractivity contribution is 6.31. The predicted molar refractivity (Wildman–Crippen MR) is 59.1 cm³/mol. The molecule has 0 saturated heterocycles. The monoisotopic (exact) mass is 255 g/mol. The summed E-state index contributed by atoms with van der Waals surface area (Å²) in [4.78, 5) is 11.0. The Morgan fingerprint density at radius 1 is 1.53 bits per heavy atom. The van der Waals surface area contributed by atoms with Crippen LogP contribution in [0.4, 0.5) is 0 Å². The zero-order valence-corrected chi connectivity index (χ0v) is 9.68. The number of aliphatic hydroxyl groups excluding tert-OH is 2. The van der Waals surface area contributed by atoms with Gasteiger partial charge in [0.2, 0.25) is 0 Å². The van der Waals surface area contributed by atoms with Crippen LogP contribution in [-0.4, -0.2) is 29.4 Å². The molecule has 0 bridgehead atoms. The van der Waals surface area contributed by atoms with Crippen molar-refractivity contribution in [3.8, 4) is 6.07 Å². The highest BCUT2D eigenvalue weighted by atomic mass is 35.5. The topological polar surface area (TPSA) is 90.6 Å². The van der Waals surface area contributed by atoms with E-state index in [-0.39, 0.29) is 10.6 Å². The van der Waals surface area contributed by atoms with Gasteiger partial charge in [-0.15, -0.1) is 0 Å². The Morgan fingerprint density at radius 3 is 2.65 bits per heavy atom. The Hall–Kier alpha value is -1.61. The second-order valence-electron chi connectivity index (χ2n) is 3.26. The smallest absolute Gasteiger partial charge is 0.337 e. The number of ether oxygens (including phenoxy) is 1. The van der Waals surface area contributed by atoms with E-state index < -0.39 is 18.2 Å². The first-order valence-corrected chi connectivity index (χ1v) is 5.02. The molecule has 6 heteroatoms. The van der Waals surface area contributed by atoms with Gasteiger partial charge >= 0.3 is 5.97 Å². The third-order valence-electron chi connectivity index (χ3n) is 2.19. The van der Waals surface area contributed by atoms with Crippen molar-refractivity contribution in [3.63, 3.8) is 0 Å². The number of benzene rings is 1. The van der Waals surface area contributed by atoms with Crippen molar-refractivity contribution in [3.05, 3.63) is 34.3 Å². The molecule has 90 valence electrons. The van der Waals surface area contributed by atoms with E-state index in [2.05, 4.69) is 4.74 Å². The lowest BCUT2D eigenvalue weighted by Gasteiger charge is -2.17. The first kappa shape index (κ1) is 13.5. The molecule has 0 heterocycles. The number of halogens is 1. The van der Waals surface area contributed by atoms with Crippen LogP contribution in [0.15, 0.2) is 18.2 Å². The molecule has 2 unspecified atom stereocenters. The molecule has 5 nitrogen and oxygen atoms in total. The van der Waals surface area contributed by atoms with Crippen molar-refractivity contribution in [1.82, 2.24) is 0 Å². The van der Waals surface area contributed by atoms with Crippen LogP contribution in [-0.2, 0) is 9.53 Å². The molecule has 0 radical (unpaired) electrons. The molecule has 0 aromatic heterocycles. The van der Waals surface area contributed by atoms with Crippen LogP contribution in [0, 0.1) is 11.3 Å². The number of carbonyl (C=O) groups excluding carboxylic acids is 1. The highest BCUT2D eigenvalue weighted by Crippen LogP contribution is 2.26. The predicted octanol–water partition coefficient (Wildman–Crippen LogP) is 0.779. The van der Waals surface area contributed by atoms with E-state index >= 15 is 0 Å². The van der Waals surface area contributed by atoms with Crippen molar-refractivity contribution in [2.75, 3.05) is 7.11 Å². The molecule has 2 N–H and O–H groups in total. The highest BCUT2D eigenvalue weighted by Gasteiger charge is 2.27. The molecule has 2 atom stereocenters. The number of rotatable bonds is 3. The molecule has 0 aliphatic rings. The van der Waals surface area contributed by atoms with Gasteiger partial charge in [-0.1, -0.05) is 17.7 Å². The number of hydrogen-bond acceptors (Lipinski definition) is 5. The molecule has 1 aromatic rings. The van der Waals surface area contributed by atoms with Gasteiger partial charge in [-0.3, -0.25) is 0 Å². The summed E-state index contributed by atoms with van der Waals surface area (Å²) in [5, 5.41) is 27.9. The average Bonchev–Trinajstić information content (AvgIpc) is 2.35. The average molecular weight is 256 g/mol. The van der Waals surface area contributed by atoms with E-state index in [1.165, 1.54) is 18.2 Å². The van der Waals surface area contributed by atoms with Gasteiger partial charge in [0.05, 0.1) is 18.7 Å². The number of hydrogen-bond donors (Lipinski definition) is 2. The Labute approximate surface area is 103 Å². The summed E-state index contributed by atoms with van der Waals surface area (Å²) < 4.78 is 4.30. The Bertz CT molecular complexity index is 469. The number of carbonyl (C=O) groups is 1. The Kier molecular flexibility index (Phi) is 4.46. The summed E-state index contributed by atoms with van der Waals surface area (Å²) >= 11 is 5.82. The maximum atomic E-state index is 11.0. The molecule has 0 aliphatic heterocycles. The van der Waals surface area contributed by atoms with Crippen molar-refractivity contribution >= 4 is 17.6 Å². The van der Waals surface area contributed by atoms with Gasteiger partial charge in [0.1, 0.15) is 6.10 Å². The minimum Gasteiger partial charge on any atom is -0.467 e. The number of nitriles is 1. The normalized spacial score (nSPS) is 13.6. The molecule has 0 fully saturated rings. The summed E-state index contributed by atoms with van der Waals surface area (Å²) in [5.41, 5.74) is 0.474. The van der Waals surface area contributed by atoms with Gasteiger partial charge < -0.3 is 14.9 Å².